The fraction of sp³-hybridized carbons (Fsp3) is 0.150. The Morgan fingerprint density at radius 2 is 2.03 bits per heavy atom. The lowest BCUT2D eigenvalue weighted by atomic mass is 10.2. The molecule has 10 heteroatoms. The number of amides is 1. The van der Waals surface area contributed by atoms with Crippen LogP contribution in [0.1, 0.15) is 17.3 Å². The van der Waals surface area contributed by atoms with Gasteiger partial charge >= 0.3 is 5.97 Å². The van der Waals surface area contributed by atoms with Crippen LogP contribution in [0.4, 0.5) is 5.69 Å². The Morgan fingerprint density at radius 3 is 2.77 bits per heavy atom. The average Bonchev–Trinajstić information content (AvgIpc) is 2.74. The topological polar surface area (TPSA) is 94.1 Å². The predicted octanol–water partition coefficient (Wildman–Crippen LogP) is 4.86. The third-order valence-corrected chi connectivity index (χ3v) is 5.75. The fourth-order valence-corrected chi connectivity index (χ4v) is 3.93. The maximum absolute atomic E-state index is 12.4. The number of halogens is 2. The highest BCUT2D eigenvalue weighted by molar-refractivity contribution is 9.10. The van der Waals surface area contributed by atoms with Gasteiger partial charge < -0.3 is 10.1 Å². The van der Waals surface area contributed by atoms with Crippen molar-refractivity contribution >= 4 is 56.9 Å². The van der Waals surface area contributed by atoms with Gasteiger partial charge in [-0.3, -0.25) is 4.79 Å². The number of nitrogens with one attached hydrogen (secondary N) is 1. The molecule has 0 fully saturated rings. The number of anilines is 1. The third-order valence-electron chi connectivity index (χ3n) is 3.81. The molecule has 0 atom stereocenters. The van der Waals surface area contributed by atoms with E-state index in [0.717, 1.165) is 0 Å². The minimum absolute atomic E-state index is 0.0872. The van der Waals surface area contributed by atoms with E-state index in [2.05, 4.69) is 36.4 Å². The van der Waals surface area contributed by atoms with Crippen LogP contribution < -0.4 is 5.32 Å². The zero-order valence-electron chi connectivity index (χ0n) is 15.8. The van der Waals surface area contributed by atoms with E-state index in [1.54, 1.807) is 31.2 Å². The fourth-order valence-electron chi connectivity index (χ4n) is 2.48. The van der Waals surface area contributed by atoms with Gasteiger partial charge in [0.25, 0.3) is 0 Å². The van der Waals surface area contributed by atoms with Crippen molar-refractivity contribution < 1.29 is 14.3 Å². The SMILES string of the molecule is CCOC(=O)c1ccc(NC(=O)CSc2nncnc2-c2ccccc2Cl)c(Br)c1. The van der Waals surface area contributed by atoms with E-state index in [1.807, 2.05) is 18.2 Å². The molecule has 30 heavy (non-hydrogen) atoms. The van der Waals surface area contributed by atoms with Gasteiger partial charge in [-0.05, 0) is 47.1 Å². The van der Waals surface area contributed by atoms with Crippen LogP contribution in [-0.2, 0) is 9.53 Å². The van der Waals surface area contributed by atoms with Gasteiger partial charge in [0.1, 0.15) is 17.0 Å². The molecular weight excluding hydrogens is 492 g/mol. The molecule has 3 rings (SSSR count). The molecule has 1 aromatic heterocycles. The van der Waals surface area contributed by atoms with E-state index in [9.17, 15) is 9.59 Å². The number of hydrogen-bond acceptors (Lipinski definition) is 7. The number of ether oxygens (including phenoxy) is 1. The van der Waals surface area contributed by atoms with Crippen LogP contribution in [0.2, 0.25) is 5.02 Å². The highest BCUT2D eigenvalue weighted by atomic mass is 79.9. The number of rotatable bonds is 7. The van der Waals surface area contributed by atoms with Crippen LogP contribution in [0.5, 0.6) is 0 Å². The molecular formula is C20H16BrClN4O3S. The minimum atomic E-state index is -0.422. The number of aromatic nitrogens is 3. The first-order valence-electron chi connectivity index (χ1n) is 8.81. The Bertz CT molecular complexity index is 1080. The second-order valence-electron chi connectivity index (χ2n) is 5.85. The van der Waals surface area contributed by atoms with Crippen LogP contribution in [0.15, 0.2) is 58.3 Å². The van der Waals surface area contributed by atoms with E-state index >= 15 is 0 Å². The van der Waals surface area contributed by atoms with E-state index in [-0.39, 0.29) is 11.7 Å². The summed E-state index contributed by atoms with van der Waals surface area (Å²) in [5.41, 5.74) is 2.21. The summed E-state index contributed by atoms with van der Waals surface area (Å²) in [7, 11) is 0. The van der Waals surface area contributed by atoms with Crippen molar-refractivity contribution in [1.82, 2.24) is 15.2 Å². The molecule has 0 saturated heterocycles. The molecule has 0 spiro atoms. The van der Waals surface area contributed by atoms with Gasteiger partial charge in [-0.1, -0.05) is 41.6 Å². The Morgan fingerprint density at radius 1 is 1.23 bits per heavy atom. The molecule has 0 aliphatic carbocycles. The molecule has 0 saturated carbocycles. The second kappa shape index (κ2) is 10.5. The van der Waals surface area contributed by atoms with Crippen molar-refractivity contribution in [2.24, 2.45) is 0 Å². The molecule has 0 radical (unpaired) electrons. The molecule has 1 heterocycles. The largest absolute Gasteiger partial charge is 0.462 e. The summed E-state index contributed by atoms with van der Waals surface area (Å²) in [6.45, 7) is 2.03. The van der Waals surface area contributed by atoms with Gasteiger partial charge in [0, 0.05) is 10.0 Å². The number of nitrogens with zero attached hydrogens (tertiary/aromatic N) is 3. The van der Waals surface area contributed by atoms with Crippen LogP contribution in [0.3, 0.4) is 0 Å². The van der Waals surface area contributed by atoms with E-state index in [4.69, 9.17) is 16.3 Å². The van der Waals surface area contributed by atoms with Crippen LogP contribution >= 0.6 is 39.3 Å². The van der Waals surface area contributed by atoms with Gasteiger partial charge in [0.05, 0.1) is 28.6 Å². The first-order chi connectivity index (χ1) is 14.5. The maximum atomic E-state index is 12.4. The van der Waals surface area contributed by atoms with E-state index < -0.39 is 5.97 Å². The molecule has 1 N–H and O–H groups in total. The van der Waals surface area contributed by atoms with Crippen molar-refractivity contribution in [2.45, 2.75) is 11.9 Å². The van der Waals surface area contributed by atoms with Gasteiger partial charge in [0.15, 0.2) is 0 Å². The molecule has 0 bridgehead atoms. The lowest BCUT2D eigenvalue weighted by molar-refractivity contribution is -0.113. The predicted molar refractivity (Wildman–Crippen MR) is 120 cm³/mol. The van der Waals surface area contributed by atoms with Crippen molar-refractivity contribution in [3.63, 3.8) is 0 Å². The molecule has 2 aromatic carbocycles. The molecule has 1 amide bonds. The zero-order chi connectivity index (χ0) is 21.5. The normalized spacial score (nSPS) is 10.5. The molecule has 0 unspecified atom stereocenters. The van der Waals surface area contributed by atoms with Gasteiger partial charge in [-0.25, -0.2) is 9.78 Å². The van der Waals surface area contributed by atoms with Crippen molar-refractivity contribution in [3.05, 3.63) is 63.9 Å². The van der Waals surface area contributed by atoms with Crippen LogP contribution in [0.25, 0.3) is 11.3 Å². The zero-order valence-corrected chi connectivity index (χ0v) is 18.9. The number of carbonyl (C=O) groups is 2. The van der Waals surface area contributed by atoms with Crippen LogP contribution in [-0.4, -0.2) is 39.4 Å². The number of thioether (sulfide) groups is 1. The van der Waals surface area contributed by atoms with Gasteiger partial charge in [0.2, 0.25) is 5.91 Å². The van der Waals surface area contributed by atoms with Crippen molar-refractivity contribution in [1.29, 1.82) is 0 Å². The second-order valence-corrected chi connectivity index (χ2v) is 8.07. The highest BCUT2D eigenvalue weighted by Gasteiger charge is 2.15. The molecule has 0 aliphatic heterocycles. The summed E-state index contributed by atoms with van der Waals surface area (Å²) in [5.74, 6) is -0.585. The first kappa shape index (κ1) is 22.2. The average molecular weight is 508 g/mol. The monoisotopic (exact) mass is 506 g/mol. The molecule has 7 nitrogen and oxygen atoms in total. The summed E-state index contributed by atoms with van der Waals surface area (Å²) in [6.07, 6.45) is 1.34. The highest BCUT2D eigenvalue weighted by Crippen LogP contribution is 2.32. The number of benzene rings is 2. The third kappa shape index (κ3) is 5.56. The summed E-state index contributed by atoms with van der Waals surface area (Å²) >= 11 is 10.8. The first-order valence-corrected chi connectivity index (χ1v) is 11.0. The smallest absolute Gasteiger partial charge is 0.338 e. The summed E-state index contributed by atoms with van der Waals surface area (Å²) in [4.78, 5) is 28.5. The van der Waals surface area contributed by atoms with Gasteiger partial charge in [-0.15, -0.1) is 10.2 Å². The molecule has 3 aromatic rings. The summed E-state index contributed by atoms with van der Waals surface area (Å²) in [5, 5.41) is 11.7. The summed E-state index contributed by atoms with van der Waals surface area (Å²) in [6, 6.07) is 12.1. The Hall–Kier alpha value is -2.49. The lowest BCUT2D eigenvalue weighted by Crippen LogP contribution is -2.15. The standard InChI is InChI=1S/C20H16BrClN4O3S/c1-2-29-20(28)12-7-8-16(14(21)9-12)25-17(27)10-30-19-18(23-11-24-26-19)13-5-3-4-6-15(13)22/h3-9,11H,2,10H2,1H3,(H,25,27). The van der Waals surface area contributed by atoms with Crippen molar-refractivity contribution in [2.75, 3.05) is 17.7 Å². The molecule has 154 valence electrons. The van der Waals surface area contributed by atoms with Crippen molar-refractivity contribution in [3.8, 4) is 11.3 Å². The van der Waals surface area contributed by atoms with E-state index in [0.29, 0.717) is 43.6 Å². The lowest BCUT2D eigenvalue weighted by Gasteiger charge is -2.10. The number of carbonyl (C=O) groups excluding carboxylic acids is 2. The minimum Gasteiger partial charge on any atom is -0.462 e. The Labute approximate surface area is 190 Å². The van der Waals surface area contributed by atoms with Gasteiger partial charge in [-0.2, -0.15) is 0 Å². The quantitative estimate of drug-likeness (QED) is 0.360. The maximum Gasteiger partial charge on any atom is 0.338 e. The summed E-state index contributed by atoms with van der Waals surface area (Å²) < 4.78 is 5.54. The Kier molecular flexibility index (Phi) is 7.78. The number of esters is 1. The van der Waals surface area contributed by atoms with Crippen LogP contribution in [0, 0.1) is 0 Å². The Balaban J connectivity index is 1.68. The molecule has 0 aliphatic rings. The van der Waals surface area contributed by atoms with E-state index in [1.165, 1.54) is 18.1 Å². The number of hydrogen-bond donors (Lipinski definition) is 1.